The Morgan fingerprint density at radius 3 is 2.86 bits per heavy atom. The molecule has 0 unspecified atom stereocenters. The molecular formula is C19H11BrClN3O2S2. The molecule has 0 radical (unpaired) electrons. The number of hydrogen-bond acceptors (Lipinski definition) is 5. The number of amides is 1. The Bertz CT molecular complexity index is 1190. The zero-order chi connectivity index (χ0) is 19.7. The molecule has 140 valence electrons. The maximum Gasteiger partial charge on any atom is 0.267 e. The molecule has 0 saturated carbocycles. The fourth-order valence-electron chi connectivity index (χ4n) is 2.52. The number of nitrogens with one attached hydrogen (secondary N) is 2. The zero-order valence-corrected chi connectivity index (χ0v) is 18.0. The van der Waals surface area contributed by atoms with Gasteiger partial charge in [0.25, 0.3) is 5.91 Å². The van der Waals surface area contributed by atoms with Crippen molar-refractivity contribution in [3.05, 3.63) is 68.3 Å². The summed E-state index contributed by atoms with van der Waals surface area (Å²) in [5.74, 6) is 0.175. The third kappa shape index (κ3) is 4.10. The Balaban J connectivity index is 1.54. The number of halogens is 2. The number of thiocarbonyl (C=S) groups is 1. The van der Waals surface area contributed by atoms with E-state index in [-0.39, 0.29) is 11.0 Å². The number of oxazole rings is 1. The van der Waals surface area contributed by atoms with Crippen molar-refractivity contribution in [2.75, 3.05) is 5.32 Å². The number of carbonyl (C=O) groups excluding carboxylic acids is 1. The van der Waals surface area contributed by atoms with Gasteiger partial charge >= 0.3 is 0 Å². The van der Waals surface area contributed by atoms with Crippen LogP contribution in [0.15, 0.2) is 62.8 Å². The normalized spacial score (nSPS) is 10.8. The molecule has 0 aliphatic carbocycles. The summed E-state index contributed by atoms with van der Waals surface area (Å²) >= 11 is 16.2. The minimum Gasteiger partial charge on any atom is -0.436 e. The summed E-state index contributed by atoms with van der Waals surface area (Å²) in [6, 6.07) is 14.4. The van der Waals surface area contributed by atoms with Crippen LogP contribution in [0.25, 0.3) is 22.6 Å². The minimum atomic E-state index is -0.249. The van der Waals surface area contributed by atoms with Gasteiger partial charge in [-0.15, -0.1) is 11.3 Å². The van der Waals surface area contributed by atoms with E-state index in [4.69, 9.17) is 28.2 Å². The fraction of sp³-hybridized carbons (Fsp3) is 0. The third-order valence-electron chi connectivity index (χ3n) is 3.78. The van der Waals surface area contributed by atoms with E-state index in [0.717, 1.165) is 4.47 Å². The van der Waals surface area contributed by atoms with E-state index < -0.39 is 0 Å². The van der Waals surface area contributed by atoms with Crippen LogP contribution in [0.2, 0.25) is 5.02 Å². The number of rotatable bonds is 3. The number of thiophene rings is 1. The first-order valence-corrected chi connectivity index (χ1v) is 10.5. The summed E-state index contributed by atoms with van der Waals surface area (Å²) in [7, 11) is 0. The van der Waals surface area contributed by atoms with Crippen LogP contribution in [0.1, 0.15) is 9.67 Å². The Morgan fingerprint density at radius 1 is 1.21 bits per heavy atom. The molecule has 5 nitrogen and oxygen atoms in total. The van der Waals surface area contributed by atoms with Gasteiger partial charge in [0.1, 0.15) is 5.52 Å². The molecule has 2 aromatic heterocycles. The van der Waals surface area contributed by atoms with Gasteiger partial charge in [-0.1, -0.05) is 33.6 Å². The van der Waals surface area contributed by atoms with Crippen molar-refractivity contribution in [3.8, 4) is 11.5 Å². The van der Waals surface area contributed by atoms with Gasteiger partial charge in [0.15, 0.2) is 10.7 Å². The van der Waals surface area contributed by atoms with Crippen LogP contribution >= 0.6 is 51.1 Å². The topological polar surface area (TPSA) is 67.2 Å². The molecule has 0 bridgehead atoms. The highest BCUT2D eigenvalue weighted by Crippen LogP contribution is 2.32. The van der Waals surface area contributed by atoms with E-state index in [1.165, 1.54) is 11.3 Å². The van der Waals surface area contributed by atoms with Crippen LogP contribution in [0.5, 0.6) is 0 Å². The van der Waals surface area contributed by atoms with E-state index in [0.29, 0.717) is 38.1 Å². The lowest BCUT2D eigenvalue weighted by atomic mass is 10.2. The van der Waals surface area contributed by atoms with Crippen LogP contribution in [0, 0.1) is 0 Å². The lowest BCUT2D eigenvalue weighted by Gasteiger charge is -2.08. The van der Waals surface area contributed by atoms with Gasteiger partial charge in [0.2, 0.25) is 5.89 Å². The van der Waals surface area contributed by atoms with E-state index in [1.807, 2.05) is 23.6 Å². The van der Waals surface area contributed by atoms with E-state index in [9.17, 15) is 4.79 Å². The molecule has 0 spiro atoms. The largest absolute Gasteiger partial charge is 0.436 e. The van der Waals surface area contributed by atoms with Crippen molar-refractivity contribution in [1.29, 1.82) is 0 Å². The molecular weight excluding hydrogens is 482 g/mol. The van der Waals surface area contributed by atoms with Gasteiger partial charge in [-0.3, -0.25) is 10.1 Å². The lowest BCUT2D eigenvalue weighted by Crippen LogP contribution is -2.33. The average molecular weight is 493 g/mol. The molecule has 4 rings (SSSR count). The second kappa shape index (κ2) is 8.00. The molecule has 0 fully saturated rings. The smallest absolute Gasteiger partial charge is 0.267 e. The number of carbonyl (C=O) groups is 1. The maximum absolute atomic E-state index is 12.1. The van der Waals surface area contributed by atoms with Gasteiger partial charge in [-0.05, 0) is 60.1 Å². The first-order valence-electron chi connectivity index (χ1n) is 8.01. The molecule has 2 N–H and O–H groups in total. The molecule has 1 amide bonds. The second-order valence-corrected chi connectivity index (χ2v) is 8.39. The standard InChI is InChI=1S/C19H11BrClN3O2S2/c20-10-3-5-13(21)12(8-10)18-23-14-9-11(4-6-15(14)26-18)22-19(27)24-17(25)16-2-1-7-28-16/h1-9H,(H2,22,24,25,27). The van der Waals surface area contributed by atoms with Crippen molar-refractivity contribution >= 4 is 78.9 Å². The molecule has 0 saturated heterocycles. The van der Waals surface area contributed by atoms with Crippen LogP contribution in [0.4, 0.5) is 5.69 Å². The summed E-state index contributed by atoms with van der Waals surface area (Å²) in [6.07, 6.45) is 0. The first kappa shape index (κ1) is 19.1. The Kier molecular flexibility index (Phi) is 5.45. The molecule has 2 aromatic carbocycles. The van der Waals surface area contributed by atoms with Crippen LogP contribution in [-0.2, 0) is 0 Å². The average Bonchev–Trinajstić information content (AvgIpc) is 3.32. The van der Waals surface area contributed by atoms with Gasteiger partial charge in [0.05, 0.1) is 15.5 Å². The lowest BCUT2D eigenvalue weighted by molar-refractivity contribution is 0.0981. The van der Waals surface area contributed by atoms with Crippen molar-refractivity contribution in [2.24, 2.45) is 0 Å². The number of fused-ring (bicyclic) bond motifs is 1. The van der Waals surface area contributed by atoms with Gasteiger partial charge < -0.3 is 9.73 Å². The fourth-order valence-corrected chi connectivity index (χ4v) is 3.91. The van der Waals surface area contributed by atoms with Crippen LogP contribution < -0.4 is 10.6 Å². The number of anilines is 1. The van der Waals surface area contributed by atoms with Crippen molar-refractivity contribution in [1.82, 2.24) is 10.3 Å². The number of benzene rings is 2. The molecule has 0 aliphatic heterocycles. The van der Waals surface area contributed by atoms with E-state index in [2.05, 4.69) is 31.5 Å². The number of hydrogen-bond donors (Lipinski definition) is 2. The molecule has 2 heterocycles. The highest BCUT2D eigenvalue weighted by atomic mass is 79.9. The molecule has 28 heavy (non-hydrogen) atoms. The predicted molar refractivity (Wildman–Crippen MR) is 120 cm³/mol. The Hall–Kier alpha value is -2.26. The number of aromatic nitrogens is 1. The molecule has 0 aliphatic rings. The van der Waals surface area contributed by atoms with Crippen molar-refractivity contribution < 1.29 is 9.21 Å². The summed E-state index contributed by atoms with van der Waals surface area (Å²) in [6.45, 7) is 0. The molecule has 9 heteroatoms. The summed E-state index contributed by atoms with van der Waals surface area (Å²) in [5, 5.41) is 8.22. The second-order valence-electron chi connectivity index (χ2n) is 5.71. The third-order valence-corrected chi connectivity index (χ3v) is 5.67. The first-order chi connectivity index (χ1) is 13.5. The van der Waals surface area contributed by atoms with Crippen molar-refractivity contribution in [3.63, 3.8) is 0 Å². The predicted octanol–water partition coefficient (Wildman–Crippen LogP) is 6.10. The van der Waals surface area contributed by atoms with Gasteiger partial charge in [0, 0.05) is 10.2 Å². The summed E-state index contributed by atoms with van der Waals surface area (Å²) < 4.78 is 6.70. The Morgan fingerprint density at radius 2 is 2.07 bits per heavy atom. The summed E-state index contributed by atoms with van der Waals surface area (Å²) in [4.78, 5) is 17.2. The van der Waals surface area contributed by atoms with Crippen molar-refractivity contribution in [2.45, 2.75) is 0 Å². The highest BCUT2D eigenvalue weighted by Gasteiger charge is 2.13. The van der Waals surface area contributed by atoms with E-state index >= 15 is 0 Å². The SMILES string of the molecule is O=C(NC(=S)Nc1ccc2oc(-c3cc(Br)ccc3Cl)nc2c1)c1cccs1. The van der Waals surface area contributed by atoms with Crippen LogP contribution in [0.3, 0.4) is 0 Å². The maximum atomic E-state index is 12.1. The highest BCUT2D eigenvalue weighted by molar-refractivity contribution is 9.10. The van der Waals surface area contributed by atoms with Gasteiger partial charge in [-0.2, -0.15) is 0 Å². The van der Waals surface area contributed by atoms with Gasteiger partial charge in [-0.25, -0.2) is 4.98 Å². The van der Waals surface area contributed by atoms with Crippen LogP contribution in [-0.4, -0.2) is 16.0 Å². The number of nitrogens with zero attached hydrogens (tertiary/aromatic N) is 1. The molecule has 0 atom stereocenters. The zero-order valence-electron chi connectivity index (χ0n) is 14.0. The monoisotopic (exact) mass is 491 g/mol. The quantitative estimate of drug-likeness (QED) is 0.338. The van der Waals surface area contributed by atoms with E-state index in [1.54, 1.807) is 30.3 Å². The molecule has 4 aromatic rings. The minimum absolute atomic E-state index is 0.205. The Labute approximate surface area is 182 Å². The summed E-state index contributed by atoms with van der Waals surface area (Å²) in [5.41, 5.74) is 2.64.